The molecule has 3 nitrogen and oxygen atoms in total. The molecule has 20 heavy (non-hydrogen) atoms. The van der Waals surface area contributed by atoms with E-state index in [0.717, 1.165) is 16.9 Å². The Kier molecular flexibility index (Phi) is 4.05. The monoisotopic (exact) mass is 266 g/mol. The SMILES string of the molecule is CC(C)(C)c1ccccc1OCc1cccnc1C#N. The number of rotatable bonds is 3. The van der Waals surface area contributed by atoms with E-state index in [1.165, 1.54) is 0 Å². The molecular formula is C17H18N2O. The summed E-state index contributed by atoms with van der Waals surface area (Å²) in [5, 5.41) is 9.03. The van der Waals surface area contributed by atoms with Crippen LogP contribution in [0.3, 0.4) is 0 Å². The number of hydrogen-bond donors (Lipinski definition) is 0. The van der Waals surface area contributed by atoms with E-state index in [-0.39, 0.29) is 5.41 Å². The van der Waals surface area contributed by atoms with Crippen LogP contribution in [0.4, 0.5) is 0 Å². The van der Waals surface area contributed by atoms with Crippen molar-refractivity contribution in [2.45, 2.75) is 32.8 Å². The predicted octanol–water partition coefficient (Wildman–Crippen LogP) is 3.83. The van der Waals surface area contributed by atoms with Crippen LogP contribution >= 0.6 is 0 Å². The smallest absolute Gasteiger partial charge is 0.147 e. The molecule has 1 heterocycles. The summed E-state index contributed by atoms with van der Waals surface area (Å²) < 4.78 is 5.90. The fraction of sp³-hybridized carbons (Fsp3) is 0.294. The second kappa shape index (κ2) is 5.75. The maximum absolute atomic E-state index is 9.03. The van der Waals surface area contributed by atoms with Gasteiger partial charge in [-0.25, -0.2) is 4.98 Å². The first kappa shape index (κ1) is 14.1. The van der Waals surface area contributed by atoms with Gasteiger partial charge >= 0.3 is 0 Å². The number of hydrogen-bond acceptors (Lipinski definition) is 3. The molecule has 102 valence electrons. The van der Waals surface area contributed by atoms with Crippen LogP contribution in [0.5, 0.6) is 5.75 Å². The van der Waals surface area contributed by atoms with Crippen molar-refractivity contribution in [3.8, 4) is 11.8 Å². The van der Waals surface area contributed by atoms with Crippen molar-refractivity contribution in [1.29, 1.82) is 5.26 Å². The molecule has 1 aromatic heterocycles. The van der Waals surface area contributed by atoms with Crippen LogP contribution < -0.4 is 4.74 Å². The molecule has 0 saturated carbocycles. The molecule has 0 atom stereocenters. The Morgan fingerprint density at radius 1 is 1.15 bits per heavy atom. The standard InChI is InChI=1S/C17H18N2O/c1-17(2,3)14-8-4-5-9-16(14)20-12-13-7-6-10-19-15(13)11-18/h4-10H,12H2,1-3H3. The molecule has 0 radical (unpaired) electrons. The minimum Gasteiger partial charge on any atom is -0.488 e. The third-order valence-electron chi connectivity index (χ3n) is 3.08. The molecule has 2 aromatic rings. The number of ether oxygens (including phenoxy) is 1. The molecular weight excluding hydrogens is 248 g/mol. The molecule has 0 spiro atoms. The van der Waals surface area contributed by atoms with Crippen LogP contribution in [0, 0.1) is 11.3 Å². The first-order chi connectivity index (χ1) is 9.52. The number of aromatic nitrogens is 1. The quantitative estimate of drug-likeness (QED) is 0.848. The fourth-order valence-electron chi connectivity index (χ4n) is 2.02. The zero-order valence-corrected chi connectivity index (χ0v) is 12.1. The van der Waals surface area contributed by atoms with Crippen LogP contribution in [0.2, 0.25) is 0 Å². The van der Waals surface area contributed by atoms with Crippen molar-refractivity contribution in [2.75, 3.05) is 0 Å². The van der Waals surface area contributed by atoms with E-state index in [1.54, 1.807) is 6.20 Å². The molecule has 0 bridgehead atoms. The van der Waals surface area contributed by atoms with E-state index in [0.29, 0.717) is 12.3 Å². The Bertz CT molecular complexity index is 636. The third kappa shape index (κ3) is 3.16. The highest BCUT2D eigenvalue weighted by Crippen LogP contribution is 2.31. The Morgan fingerprint density at radius 3 is 2.60 bits per heavy atom. The van der Waals surface area contributed by atoms with Gasteiger partial charge in [0.2, 0.25) is 0 Å². The van der Waals surface area contributed by atoms with Crippen LogP contribution in [0.15, 0.2) is 42.6 Å². The zero-order valence-electron chi connectivity index (χ0n) is 12.1. The molecule has 0 aliphatic carbocycles. The summed E-state index contributed by atoms with van der Waals surface area (Å²) >= 11 is 0. The van der Waals surface area contributed by atoms with Crippen molar-refractivity contribution in [1.82, 2.24) is 4.98 Å². The predicted molar refractivity (Wildman–Crippen MR) is 78.4 cm³/mol. The van der Waals surface area contributed by atoms with E-state index in [2.05, 4.69) is 37.9 Å². The number of pyridine rings is 1. The van der Waals surface area contributed by atoms with Crippen molar-refractivity contribution in [3.05, 3.63) is 59.4 Å². The van der Waals surface area contributed by atoms with Crippen molar-refractivity contribution < 1.29 is 4.74 Å². The number of nitrogens with zero attached hydrogens (tertiary/aromatic N) is 2. The average Bonchev–Trinajstić information content (AvgIpc) is 2.44. The van der Waals surface area contributed by atoms with Gasteiger partial charge in [0.25, 0.3) is 0 Å². The van der Waals surface area contributed by atoms with Gasteiger partial charge < -0.3 is 4.74 Å². The molecule has 0 fully saturated rings. The number of nitriles is 1. The summed E-state index contributed by atoms with van der Waals surface area (Å²) in [5.41, 5.74) is 2.39. The van der Waals surface area contributed by atoms with Gasteiger partial charge in [-0.05, 0) is 23.1 Å². The van der Waals surface area contributed by atoms with Gasteiger partial charge in [-0.1, -0.05) is 45.0 Å². The summed E-state index contributed by atoms with van der Waals surface area (Å²) in [6.07, 6.45) is 1.62. The topological polar surface area (TPSA) is 45.9 Å². The Hall–Kier alpha value is -2.34. The summed E-state index contributed by atoms with van der Waals surface area (Å²) in [6, 6.07) is 13.8. The van der Waals surface area contributed by atoms with Gasteiger partial charge in [0.1, 0.15) is 24.1 Å². The Morgan fingerprint density at radius 2 is 1.90 bits per heavy atom. The molecule has 2 rings (SSSR count). The summed E-state index contributed by atoms with van der Waals surface area (Å²) in [6.45, 7) is 6.81. The third-order valence-corrected chi connectivity index (χ3v) is 3.08. The highest BCUT2D eigenvalue weighted by molar-refractivity contribution is 5.39. The van der Waals surface area contributed by atoms with Gasteiger partial charge in [0.15, 0.2) is 0 Å². The normalized spacial score (nSPS) is 10.9. The lowest BCUT2D eigenvalue weighted by Crippen LogP contribution is -2.13. The molecule has 1 aromatic carbocycles. The summed E-state index contributed by atoms with van der Waals surface area (Å²) in [5.74, 6) is 0.854. The molecule has 0 unspecified atom stereocenters. The van der Waals surface area contributed by atoms with E-state index < -0.39 is 0 Å². The van der Waals surface area contributed by atoms with E-state index >= 15 is 0 Å². The van der Waals surface area contributed by atoms with Crippen LogP contribution in [-0.2, 0) is 12.0 Å². The van der Waals surface area contributed by atoms with Crippen LogP contribution in [-0.4, -0.2) is 4.98 Å². The van der Waals surface area contributed by atoms with Gasteiger partial charge in [0, 0.05) is 11.8 Å². The molecule has 0 saturated heterocycles. The number of benzene rings is 1. The minimum absolute atomic E-state index is 0.0175. The first-order valence-electron chi connectivity index (χ1n) is 6.58. The highest BCUT2D eigenvalue weighted by Gasteiger charge is 2.18. The second-order valence-electron chi connectivity index (χ2n) is 5.66. The van der Waals surface area contributed by atoms with Crippen LogP contribution in [0.25, 0.3) is 0 Å². The van der Waals surface area contributed by atoms with Crippen molar-refractivity contribution >= 4 is 0 Å². The lowest BCUT2D eigenvalue weighted by Gasteiger charge is -2.22. The average molecular weight is 266 g/mol. The van der Waals surface area contributed by atoms with Crippen molar-refractivity contribution in [3.63, 3.8) is 0 Å². The highest BCUT2D eigenvalue weighted by atomic mass is 16.5. The maximum Gasteiger partial charge on any atom is 0.147 e. The van der Waals surface area contributed by atoms with Crippen molar-refractivity contribution in [2.24, 2.45) is 0 Å². The summed E-state index contributed by atoms with van der Waals surface area (Å²) in [7, 11) is 0. The lowest BCUT2D eigenvalue weighted by molar-refractivity contribution is 0.297. The molecule has 0 aliphatic rings. The Balaban J connectivity index is 2.22. The summed E-state index contributed by atoms with van der Waals surface area (Å²) in [4.78, 5) is 4.04. The molecule has 0 aliphatic heterocycles. The fourth-order valence-corrected chi connectivity index (χ4v) is 2.02. The zero-order chi connectivity index (χ0) is 14.6. The molecule has 3 heteroatoms. The largest absolute Gasteiger partial charge is 0.488 e. The van der Waals surface area contributed by atoms with Crippen LogP contribution in [0.1, 0.15) is 37.6 Å². The van der Waals surface area contributed by atoms with Gasteiger partial charge in [-0.2, -0.15) is 5.26 Å². The Labute approximate surface area is 119 Å². The maximum atomic E-state index is 9.03. The minimum atomic E-state index is 0.0175. The van der Waals surface area contributed by atoms with Gasteiger partial charge in [-0.3, -0.25) is 0 Å². The van der Waals surface area contributed by atoms with Gasteiger partial charge in [0.05, 0.1) is 0 Å². The van der Waals surface area contributed by atoms with E-state index in [1.807, 2.05) is 30.3 Å². The van der Waals surface area contributed by atoms with E-state index in [9.17, 15) is 0 Å². The van der Waals surface area contributed by atoms with Gasteiger partial charge in [-0.15, -0.1) is 0 Å². The second-order valence-corrected chi connectivity index (χ2v) is 5.66. The molecule has 0 amide bonds. The van der Waals surface area contributed by atoms with E-state index in [4.69, 9.17) is 10.00 Å². The number of para-hydroxylation sites is 1. The lowest BCUT2D eigenvalue weighted by atomic mass is 9.86. The first-order valence-corrected chi connectivity index (χ1v) is 6.58. The molecule has 0 N–H and O–H groups in total.